The SMILES string of the molecule is COC1CCCC(NCCCCCBr)C1. The van der Waals surface area contributed by atoms with E-state index in [-0.39, 0.29) is 0 Å². The van der Waals surface area contributed by atoms with Crippen molar-refractivity contribution in [1.29, 1.82) is 0 Å². The summed E-state index contributed by atoms with van der Waals surface area (Å²) in [6.45, 7) is 1.17. The highest BCUT2D eigenvalue weighted by Crippen LogP contribution is 2.20. The van der Waals surface area contributed by atoms with Crippen LogP contribution in [0.15, 0.2) is 0 Å². The summed E-state index contributed by atoms with van der Waals surface area (Å²) in [5.74, 6) is 0. The molecule has 0 aliphatic heterocycles. The molecule has 0 radical (unpaired) electrons. The predicted molar refractivity (Wildman–Crippen MR) is 68.7 cm³/mol. The Labute approximate surface area is 102 Å². The molecule has 1 fully saturated rings. The fourth-order valence-electron chi connectivity index (χ4n) is 2.25. The number of alkyl halides is 1. The molecular weight excluding hydrogens is 254 g/mol. The van der Waals surface area contributed by atoms with Gasteiger partial charge >= 0.3 is 0 Å². The Balaban J connectivity index is 2.00. The lowest BCUT2D eigenvalue weighted by atomic mass is 9.93. The van der Waals surface area contributed by atoms with Crippen molar-refractivity contribution in [1.82, 2.24) is 5.32 Å². The summed E-state index contributed by atoms with van der Waals surface area (Å²) in [7, 11) is 1.84. The fraction of sp³-hybridized carbons (Fsp3) is 1.00. The molecule has 0 amide bonds. The lowest BCUT2D eigenvalue weighted by Crippen LogP contribution is -2.37. The van der Waals surface area contributed by atoms with Gasteiger partial charge in [-0.1, -0.05) is 22.4 Å². The molecule has 1 N–H and O–H groups in total. The molecule has 0 spiro atoms. The van der Waals surface area contributed by atoms with Gasteiger partial charge < -0.3 is 10.1 Å². The van der Waals surface area contributed by atoms with E-state index in [0.717, 1.165) is 5.33 Å². The highest BCUT2D eigenvalue weighted by Gasteiger charge is 2.20. The lowest BCUT2D eigenvalue weighted by Gasteiger charge is -2.28. The molecule has 0 aromatic carbocycles. The second kappa shape index (κ2) is 8.54. The smallest absolute Gasteiger partial charge is 0.0586 e. The van der Waals surface area contributed by atoms with E-state index in [9.17, 15) is 0 Å². The maximum absolute atomic E-state index is 5.42. The maximum Gasteiger partial charge on any atom is 0.0586 e. The van der Waals surface area contributed by atoms with Crippen molar-refractivity contribution in [3.8, 4) is 0 Å². The number of hydrogen-bond acceptors (Lipinski definition) is 2. The zero-order chi connectivity index (χ0) is 10.9. The van der Waals surface area contributed by atoms with Gasteiger partial charge in [0, 0.05) is 18.5 Å². The summed E-state index contributed by atoms with van der Waals surface area (Å²) in [5.41, 5.74) is 0. The first-order chi connectivity index (χ1) is 7.36. The van der Waals surface area contributed by atoms with Gasteiger partial charge in [-0.15, -0.1) is 0 Å². The quantitative estimate of drug-likeness (QED) is 0.570. The molecule has 1 aliphatic rings. The van der Waals surface area contributed by atoms with Crippen LogP contribution in [0.1, 0.15) is 44.9 Å². The highest BCUT2D eigenvalue weighted by atomic mass is 79.9. The van der Waals surface area contributed by atoms with Crippen molar-refractivity contribution in [3.05, 3.63) is 0 Å². The van der Waals surface area contributed by atoms with Crippen LogP contribution < -0.4 is 5.32 Å². The Morgan fingerprint density at radius 3 is 2.87 bits per heavy atom. The molecule has 15 heavy (non-hydrogen) atoms. The van der Waals surface area contributed by atoms with Gasteiger partial charge in [-0.2, -0.15) is 0 Å². The van der Waals surface area contributed by atoms with Gasteiger partial charge in [-0.3, -0.25) is 0 Å². The van der Waals surface area contributed by atoms with Crippen LogP contribution in [0, 0.1) is 0 Å². The van der Waals surface area contributed by atoms with Crippen molar-refractivity contribution in [2.24, 2.45) is 0 Å². The molecule has 3 heteroatoms. The minimum Gasteiger partial charge on any atom is -0.381 e. The monoisotopic (exact) mass is 277 g/mol. The fourth-order valence-corrected chi connectivity index (χ4v) is 2.64. The van der Waals surface area contributed by atoms with Gasteiger partial charge in [-0.25, -0.2) is 0 Å². The molecule has 0 aromatic heterocycles. The standard InChI is InChI=1S/C12H24BrNO/c1-15-12-7-5-6-11(10-12)14-9-4-2-3-8-13/h11-12,14H,2-10H2,1H3. The summed E-state index contributed by atoms with van der Waals surface area (Å²) >= 11 is 3.46. The van der Waals surface area contributed by atoms with Crippen LogP contribution in [0.5, 0.6) is 0 Å². The van der Waals surface area contributed by atoms with Gasteiger partial charge in [0.1, 0.15) is 0 Å². The van der Waals surface area contributed by atoms with Gasteiger partial charge in [0.05, 0.1) is 6.10 Å². The minimum absolute atomic E-state index is 0.499. The number of rotatable bonds is 7. The third-order valence-electron chi connectivity index (χ3n) is 3.20. The van der Waals surface area contributed by atoms with Crippen LogP contribution in [0.3, 0.4) is 0 Å². The molecule has 0 heterocycles. The van der Waals surface area contributed by atoms with Crippen molar-refractivity contribution < 1.29 is 4.74 Å². The van der Waals surface area contributed by atoms with Gasteiger partial charge in [0.25, 0.3) is 0 Å². The first-order valence-electron chi connectivity index (χ1n) is 6.19. The Bertz CT molecular complexity index is 155. The molecule has 0 aromatic rings. The van der Waals surface area contributed by atoms with Crippen molar-refractivity contribution in [2.45, 2.75) is 57.1 Å². The zero-order valence-corrected chi connectivity index (χ0v) is 11.4. The first-order valence-corrected chi connectivity index (χ1v) is 7.31. The molecule has 1 aliphatic carbocycles. The van der Waals surface area contributed by atoms with E-state index in [2.05, 4.69) is 21.2 Å². The molecular formula is C12H24BrNO. The molecule has 2 unspecified atom stereocenters. The largest absolute Gasteiger partial charge is 0.381 e. The number of ether oxygens (including phenoxy) is 1. The van der Waals surface area contributed by atoms with Crippen LogP contribution in [0.2, 0.25) is 0 Å². The van der Waals surface area contributed by atoms with Crippen LogP contribution in [-0.2, 0) is 4.74 Å². The number of methoxy groups -OCH3 is 1. The molecule has 0 saturated heterocycles. The van der Waals surface area contributed by atoms with E-state index >= 15 is 0 Å². The first kappa shape index (κ1) is 13.5. The second-order valence-corrected chi connectivity index (χ2v) is 5.22. The van der Waals surface area contributed by atoms with Gasteiger partial charge in [0.15, 0.2) is 0 Å². The zero-order valence-electron chi connectivity index (χ0n) is 9.80. The third kappa shape index (κ3) is 5.88. The molecule has 90 valence electrons. The van der Waals surface area contributed by atoms with Crippen LogP contribution in [0.4, 0.5) is 0 Å². The third-order valence-corrected chi connectivity index (χ3v) is 3.76. The average Bonchev–Trinajstić information content (AvgIpc) is 2.29. The number of unbranched alkanes of at least 4 members (excludes halogenated alkanes) is 2. The highest BCUT2D eigenvalue weighted by molar-refractivity contribution is 9.09. The molecule has 2 nitrogen and oxygen atoms in total. The van der Waals surface area contributed by atoms with Crippen molar-refractivity contribution in [3.63, 3.8) is 0 Å². The average molecular weight is 278 g/mol. The van der Waals surface area contributed by atoms with E-state index in [1.165, 1.54) is 51.5 Å². The topological polar surface area (TPSA) is 21.3 Å². The lowest BCUT2D eigenvalue weighted by molar-refractivity contribution is 0.0589. The van der Waals surface area contributed by atoms with Crippen LogP contribution >= 0.6 is 15.9 Å². The summed E-state index contributed by atoms with van der Waals surface area (Å²) in [5, 5.41) is 4.79. The van der Waals surface area contributed by atoms with Gasteiger partial charge in [-0.05, 0) is 45.1 Å². The summed E-state index contributed by atoms with van der Waals surface area (Å²) < 4.78 is 5.42. The molecule has 1 rings (SSSR count). The number of halogens is 1. The van der Waals surface area contributed by atoms with E-state index in [1.54, 1.807) is 0 Å². The number of hydrogen-bond donors (Lipinski definition) is 1. The number of nitrogens with one attached hydrogen (secondary N) is 1. The van der Waals surface area contributed by atoms with Crippen molar-refractivity contribution in [2.75, 3.05) is 19.0 Å². The maximum atomic E-state index is 5.42. The van der Waals surface area contributed by atoms with Crippen LogP contribution in [-0.4, -0.2) is 31.1 Å². The van der Waals surface area contributed by atoms with E-state index in [1.807, 2.05) is 7.11 Å². The molecule has 1 saturated carbocycles. The molecule has 0 bridgehead atoms. The van der Waals surface area contributed by atoms with Crippen molar-refractivity contribution >= 4 is 15.9 Å². The van der Waals surface area contributed by atoms with Gasteiger partial charge in [0.2, 0.25) is 0 Å². The summed E-state index contributed by atoms with van der Waals surface area (Å²) in [6, 6.07) is 0.702. The van der Waals surface area contributed by atoms with Crippen LogP contribution in [0.25, 0.3) is 0 Å². The Morgan fingerprint density at radius 2 is 2.13 bits per heavy atom. The normalized spacial score (nSPS) is 26.8. The van der Waals surface area contributed by atoms with E-state index in [4.69, 9.17) is 4.74 Å². The summed E-state index contributed by atoms with van der Waals surface area (Å²) in [6.07, 6.45) is 9.54. The second-order valence-electron chi connectivity index (χ2n) is 4.43. The minimum atomic E-state index is 0.499. The molecule has 2 atom stereocenters. The predicted octanol–water partition coefficient (Wildman–Crippen LogP) is 3.10. The Hall–Kier alpha value is 0.400. The Morgan fingerprint density at radius 1 is 1.27 bits per heavy atom. The Kier molecular flexibility index (Phi) is 7.67. The van der Waals surface area contributed by atoms with E-state index < -0.39 is 0 Å². The summed E-state index contributed by atoms with van der Waals surface area (Å²) in [4.78, 5) is 0. The van der Waals surface area contributed by atoms with E-state index in [0.29, 0.717) is 12.1 Å².